The monoisotopic (exact) mass is 1310 g/mol. The predicted octanol–water partition coefficient (Wildman–Crippen LogP) is -3.93. The van der Waals surface area contributed by atoms with Crippen molar-refractivity contribution in [1.82, 2.24) is 0 Å². The molecule has 0 aromatic carbocycles. The third kappa shape index (κ3) is 55.6. The highest BCUT2D eigenvalue weighted by atomic mass is 16.6. The zero-order valence-electron chi connectivity index (χ0n) is 52.2. The van der Waals surface area contributed by atoms with Crippen LogP contribution >= 0.6 is 0 Å². The molecule has 0 rings (SSSR count). The molecule has 532 valence electrons. The quantitative estimate of drug-likeness (QED) is 0.0157. The topological polar surface area (TPSA) is 453 Å². The van der Waals surface area contributed by atoms with Gasteiger partial charge >= 0.3 is 0 Å². The first kappa shape index (κ1) is 87.2. The minimum Gasteiger partial charge on any atom is -0.499 e. The molecular weight excluding hydrogens is 1200 g/mol. The van der Waals surface area contributed by atoms with E-state index in [1.54, 1.807) is 12.5 Å². The summed E-state index contributed by atoms with van der Waals surface area (Å²) in [5.41, 5.74) is 0. The number of aliphatic hydroxyl groups excluding tert-OH is 16. The summed E-state index contributed by atoms with van der Waals surface area (Å²) in [5.74, 6) is 0. The molecule has 0 saturated heterocycles. The van der Waals surface area contributed by atoms with E-state index in [9.17, 15) is 61.3 Å². The van der Waals surface area contributed by atoms with E-state index in [-0.39, 0.29) is 132 Å². The maximum atomic E-state index is 10.4. The summed E-state index contributed by atoms with van der Waals surface area (Å²) in [5, 5.41) is 152. The Morgan fingerprint density at radius 1 is 0.189 bits per heavy atom. The number of ether oxygens (including phenoxy) is 14. The first-order valence-electron chi connectivity index (χ1n) is 30.6. The van der Waals surface area contributed by atoms with E-state index in [2.05, 4.69) is 36.5 Å². The molecule has 14 unspecified atom stereocenters. The van der Waals surface area contributed by atoms with Crippen LogP contribution in [0.4, 0.5) is 0 Å². The van der Waals surface area contributed by atoms with E-state index in [1.807, 2.05) is 12.2 Å². The third-order valence-electron chi connectivity index (χ3n) is 11.9. The summed E-state index contributed by atoms with van der Waals surface area (Å²) >= 11 is 0. The maximum absolute atomic E-state index is 10.4. The standard InChI is InChI=1S/C60H112O30/c61-19-47(69)27-79-31-53(75)35-87-59(40-81-29-49(71)21-63)43-84-41-57(86-34-52(74)24-66)38-77-17-15-13-11-9-7-5-3-1-2-4-6-8-10-12-14-16-18-78-39-58(42-83-37-55(25-67)89-45-56(26-68)85-33-51(73)23-65)90-46-60(44-82-30-50(72)22-64)88-36-54(76)32-80-28-48(70)20-62/h1-2,7-10,15-18,47-76H,3-6,11-14,19-46H2/b2-1+,9-7+,10-8+,17-15+,18-16+. The van der Waals surface area contributed by atoms with Crippen LogP contribution in [0, 0.1) is 0 Å². The third-order valence-corrected chi connectivity index (χ3v) is 11.9. The molecule has 30 nitrogen and oxygen atoms in total. The van der Waals surface area contributed by atoms with Crippen LogP contribution in [0.1, 0.15) is 51.4 Å². The molecule has 0 aromatic heterocycles. The molecule has 0 saturated carbocycles. The Balaban J connectivity index is 5.01. The normalized spacial score (nSPS) is 17.3. The Kier molecular flexibility index (Phi) is 61.6. The minimum absolute atomic E-state index is 0.00403. The molecule has 0 aliphatic rings. The number of aliphatic hydroxyl groups is 16. The van der Waals surface area contributed by atoms with Crippen molar-refractivity contribution < 1.29 is 148 Å². The lowest BCUT2D eigenvalue weighted by Gasteiger charge is -2.25. The fourth-order valence-electron chi connectivity index (χ4n) is 6.86. The molecule has 30 heteroatoms. The zero-order chi connectivity index (χ0) is 66.5. The molecule has 0 radical (unpaired) electrons. The van der Waals surface area contributed by atoms with Crippen molar-refractivity contribution in [1.29, 1.82) is 0 Å². The van der Waals surface area contributed by atoms with Gasteiger partial charge in [-0.15, -0.1) is 0 Å². The van der Waals surface area contributed by atoms with Gasteiger partial charge in [-0.1, -0.05) is 36.5 Å². The molecule has 0 heterocycles. The summed E-state index contributed by atoms with van der Waals surface area (Å²) in [4.78, 5) is 0. The molecule has 0 aliphatic carbocycles. The van der Waals surface area contributed by atoms with Gasteiger partial charge in [0.25, 0.3) is 0 Å². The van der Waals surface area contributed by atoms with Crippen molar-refractivity contribution in [2.24, 2.45) is 0 Å². The van der Waals surface area contributed by atoms with Crippen molar-refractivity contribution in [3.05, 3.63) is 61.1 Å². The number of unbranched alkanes of at least 4 members (excludes halogenated alkanes) is 4. The first-order chi connectivity index (χ1) is 43.7. The molecule has 14 atom stereocenters. The van der Waals surface area contributed by atoms with Gasteiger partial charge in [-0.2, -0.15) is 0 Å². The maximum Gasteiger partial charge on any atom is 0.116 e. The van der Waals surface area contributed by atoms with E-state index >= 15 is 0 Å². The van der Waals surface area contributed by atoms with Gasteiger partial charge in [-0.3, -0.25) is 0 Å². The van der Waals surface area contributed by atoms with Gasteiger partial charge in [-0.05, 0) is 63.5 Å². The summed E-state index contributed by atoms with van der Waals surface area (Å²) < 4.78 is 78.8. The van der Waals surface area contributed by atoms with Gasteiger partial charge in [0.05, 0.1) is 184 Å². The van der Waals surface area contributed by atoms with Gasteiger partial charge in [-0.25, -0.2) is 0 Å². The van der Waals surface area contributed by atoms with Crippen molar-refractivity contribution >= 4 is 0 Å². The average molecular weight is 1310 g/mol. The van der Waals surface area contributed by atoms with Crippen LogP contribution in [-0.4, -0.2) is 352 Å². The number of allylic oxidation sites excluding steroid dienone is 8. The van der Waals surface area contributed by atoms with E-state index in [1.165, 1.54) is 0 Å². The van der Waals surface area contributed by atoms with Gasteiger partial charge in [0.1, 0.15) is 98.7 Å². The van der Waals surface area contributed by atoms with Gasteiger partial charge < -0.3 is 148 Å². The molecular formula is C60H112O30. The molecule has 0 aliphatic heterocycles. The van der Waals surface area contributed by atoms with Crippen LogP contribution in [-0.2, 0) is 66.3 Å². The number of hydrogen-bond donors (Lipinski definition) is 16. The van der Waals surface area contributed by atoms with Gasteiger partial charge in [0.15, 0.2) is 0 Å². The van der Waals surface area contributed by atoms with Crippen LogP contribution in [0.3, 0.4) is 0 Å². The molecule has 16 N–H and O–H groups in total. The van der Waals surface area contributed by atoms with E-state index < -0.39 is 138 Å². The van der Waals surface area contributed by atoms with Crippen molar-refractivity contribution in [2.75, 3.05) is 185 Å². The Bertz CT molecular complexity index is 1670. The van der Waals surface area contributed by atoms with E-state index in [0.29, 0.717) is 6.42 Å². The zero-order valence-corrected chi connectivity index (χ0v) is 52.2. The van der Waals surface area contributed by atoms with Crippen molar-refractivity contribution in [3.8, 4) is 0 Å². The number of rotatable bonds is 68. The number of hydrogen-bond acceptors (Lipinski definition) is 30. The summed E-state index contributed by atoms with van der Waals surface area (Å²) in [7, 11) is 0. The van der Waals surface area contributed by atoms with Crippen LogP contribution in [0.25, 0.3) is 0 Å². The molecule has 90 heavy (non-hydrogen) atoms. The Morgan fingerprint density at radius 3 is 0.722 bits per heavy atom. The summed E-state index contributed by atoms with van der Waals surface area (Å²) in [6.07, 6.45) is 12.8. The van der Waals surface area contributed by atoms with Crippen molar-refractivity contribution in [2.45, 2.75) is 137 Å². The Hall–Kier alpha value is -2.82. The SMILES string of the molecule is OCC(O)COCC(O)COC(COCC(O)CO)COCC(CO/C=C/CC/C=C/CC/C=C/CC/C=C/CC/C=C/OCC(COCC(CO)OCC(CO)OCC(O)CO)OCC(COCC(O)CO)OCC(O)COCC(O)CO)OCC(O)CO. The fourth-order valence-corrected chi connectivity index (χ4v) is 6.86. The van der Waals surface area contributed by atoms with E-state index in [0.717, 1.165) is 44.9 Å². The molecule has 0 spiro atoms. The lowest BCUT2D eigenvalue weighted by molar-refractivity contribution is -0.135. The smallest absolute Gasteiger partial charge is 0.116 e. The summed E-state index contributed by atoms with van der Waals surface area (Å²) in [6, 6.07) is 0. The van der Waals surface area contributed by atoms with Gasteiger partial charge in [0.2, 0.25) is 0 Å². The lowest BCUT2D eigenvalue weighted by atomic mass is 10.2. The second-order valence-corrected chi connectivity index (χ2v) is 20.8. The van der Waals surface area contributed by atoms with Crippen LogP contribution in [0.5, 0.6) is 0 Å². The lowest BCUT2D eigenvalue weighted by Crippen LogP contribution is -2.37. The minimum atomic E-state index is -1.13. The highest BCUT2D eigenvalue weighted by Gasteiger charge is 2.22. The van der Waals surface area contributed by atoms with Crippen molar-refractivity contribution in [3.63, 3.8) is 0 Å². The molecule has 0 bridgehead atoms. The Morgan fingerprint density at radius 2 is 0.389 bits per heavy atom. The van der Waals surface area contributed by atoms with Crippen LogP contribution < -0.4 is 0 Å². The highest BCUT2D eigenvalue weighted by Crippen LogP contribution is 2.09. The Labute approximate surface area is 529 Å². The summed E-state index contributed by atoms with van der Waals surface area (Å²) in [6.45, 7) is -6.27. The van der Waals surface area contributed by atoms with Crippen LogP contribution in [0.15, 0.2) is 61.1 Å². The predicted molar refractivity (Wildman–Crippen MR) is 323 cm³/mol. The average Bonchev–Trinajstić information content (AvgIpc) is 3.66. The van der Waals surface area contributed by atoms with Gasteiger partial charge in [0, 0.05) is 0 Å². The molecule has 0 fully saturated rings. The molecule has 0 amide bonds. The van der Waals surface area contributed by atoms with E-state index in [4.69, 9.17) is 86.7 Å². The fraction of sp³-hybridized carbons (Fsp3) is 0.833. The van der Waals surface area contributed by atoms with Crippen LogP contribution in [0.2, 0.25) is 0 Å². The second-order valence-electron chi connectivity index (χ2n) is 20.8. The first-order valence-corrected chi connectivity index (χ1v) is 30.6. The highest BCUT2D eigenvalue weighted by molar-refractivity contribution is 4.92. The largest absolute Gasteiger partial charge is 0.499 e. The second kappa shape index (κ2) is 63.6. The molecule has 0 aromatic rings.